The van der Waals surface area contributed by atoms with Gasteiger partial charge in [0.25, 0.3) is 11.8 Å². The van der Waals surface area contributed by atoms with Crippen molar-refractivity contribution < 1.29 is 14.0 Å². The third-order valence-electron chi connectivity index (χ3n) is 5.07. The smallest absolute Gasteiger partial charge is 0.276 e. The Bertz CT molecular complexity index is 1090. The van der Waals surface area contributed by atoms with Crippen LogP contribution in [0.3, 0.4) is 0 Å². The second-order valence-electron chi connectivity index (χ2n) is 7.12. The average Bonchev–Trinajstić information content (AvgIpc) is 3.05. The minimum absolute atomic E-state index is 0.115. The van der Waals surface area contributed by atoms with Gasteiger partial charge in [0, 0.05) is 30.5 Å². The summed E-state index contributed by atoms with van der Waals surface area (Å²) in [5.41, 5.74) is 4.05. The minimum Gasteiger partial charge on any atom is -0.322 e. The first-order valence-electron chi connectivity index (χ1n) is 9.45. The Kier molecular flexibility index (Phi) is 4.88. The maximum Gasteiger partial charge on any atom is 0.276 e. The second-order valence-corrected chi connectivity index (χ2v) is 7.12. The molecule has 2 aromatic carbocycles. The maximum atomic E-state index is 13.1. The molecule has 2 heterocycles. The molecule has 1 N–H and O–H groups in total. The molecular formula is C22H21FN4O2. The molecule has 0 atom stereocenters. The second kappa shape index (κ2) is 7.50. The normalized spacial score (nSPS) is 13.1. The lowest BCUT2D eigenvalue weighted by Gasteiger charge is -2.30. The Balaban J connectivity index is 1.64. The van der Waals surface area contributed by atoms with E-state index in [9.17, 15) is 14.0 Å². The van der Waals surface area contributed by atoms with Gasteiger partial charge in [-0.15, -0.1) is 0 Å². The number of rotatable bonds is 3. The Morgan fingerprint density at radius 2 is 1.90 bits per heavy atom. The van der Waals surface area contributed by atoms with Crippen LogP contribution in [0.2, 0.25) is 0 Å². The number of carbonyl (C=O) groups is 2. The minimum atomic E-state index is -0.391. The number of carbonyl (C=O) groups excluding carboxylic acids is 2. The van der Waals surface area contributed by atoms with E-state index in [0.29, 0.717) is 23.5 Å². The number of anilines is 2. The summed E-state index contributed by atoms with van der Waals surface area (Å²) in [7, 11) is 1.75. The first-order valence-corrected chi connectivity index (χ1v) is 9.45. The van der Waals surface area contributed by atoms with Gasteiger partial charge >= 0.3 is 0 Å². The Labute approximate surface area is 167 Å². The molecule has 0 radical (unpaired) electrons. The van der Waals surface area contributed by atoms with Crippen molar-refractivity contribution in [3.05, 3.63) is 76.9 Å². The van der Waals surface area contributed by atoms with E-state index in [4.69, 9.17) is 0 Å². The van der Waals surface area contributed by atoms with Gasteiger partial charge in [-0.3, -0.25) is 14.3 Å². The number of hydrogen-bond donors (Lipinski definition) is 1. The van der Waals surface area contributed by atoms with E-state index in [-0.39, 0.29) is 11.8 Å². The van der Waals surface area contributed by atoms with Gasteiger partial charge in [0.15, 0.2) is 0 Å². The number of hydrogen-bond acceptors (Lipinski definition) is 3. The molecule has 148 valence electrons. The zero-order valence-corrected chi connectivity index (χ0v) is 16.3. The van der Waals surface area contributed by atoms with E-state index in [2.05, 4.69) is 10.4 Å². The number of benzene rings is 2. The summed E-state index contributed by atoms with van der Waals surface area (Å²) in [6, 6.07) is 12.7. The molecule has 0 saturated heterocycles. The summed E-state index contributed by atoms with van der Waals surface area (Å²) < 4.78 is 14.7. The number of aryl methyl sites for hydroxylation is 2. The standard InChI is InChI=1S/C22H21FN4O2/c1-14-13-20(26(2)25-14)22(29)27-12-4-5-17-18(6-3-7-19(17)27)24-21(28)15-8-10-16(23)11-9-15/h3,6-11,13H,4-5,12H2,1-2H3,(H,24,28). The molecule has 0 fully saturated rings. The van der Waals surface area contributed by atoms with Crippen LogP contribution in [0.1, 0.15) is 38.5 Å². The molecule has 0 aliphatic carbocycles. The molecular weight excluding hydrogens is 371 g/mol. The first kappa shape index (κ1) is 18.9. The predicted molar refractivity (Wildman–Crippen MR) is 109 cm³/mol. The van der Waals surface area contributed by atoms with Crippen LogP contribution in [0.15, 0.2) is 48.5 Å². The maximum absolute atomic E-state index is 13.1. The van der Waals surface area contributed by atoms with Gasteiger partial charge in [-0.25, -0.2) is 4.39 Å². The van der Waals surface area contributed by atoms with Crippen LogP contribution in [-0.2, 0) is 13.5 Å². The van der Waals surface area contributed by atoms with Crippen LogP contribution in [0.4, 0.5) is 15.8 Å². The topological polar surface area (TPSA) is 67.2 Å². The fourth-order valence-electron chi connectivity index (χ4n) is 3.70. The fourth-order valence-corrected chi connectivity index (χ4v) is 3.70. The van der Waals surface area contributed by atoms with Crippen molar-refractivity contribution in [3.63, 3.8) is 0 Å². The highest BCUT2D eigenvalue weighted by Crippen LogP contribution is 2.34. The zero-order chi connectivity index (χ0) is 20.5. The number of aromatic nitrogens is 2. The molecule has 0 saturated carbocycles. The average molecular weight is 392 g/mol. The first-order chi connectivity index (χ1) is 13.9. The number of nitrogens with one attached hydrogen (secondary N) is 1. The van der Waals surface area contributed by atoms with Gasteiger partial charge in [0.1, 0.15) is 11.5 Å². The predicted octanol–water partition coefficient (Wildman–Crippen LogP) is 3.71. The van der Waals surface area contributed by atoms with Crippen molar-refractivity contribution in [1.29, 1.82) is 0 Å². The highest BCUT2D eigenvalue weighted by atomic mass is 19.1. The van der Waals surface area contributed by atoms with Gasteiger partial charge in [0.05, 0.1) is 5.69 Å². The SMILES string of the molecule is Cc1cc(C(=O)N2CCCc3c(NC(=O)c4ccc(F)cc4)cccc32)n(C)n1. The van der Waals surface area contributed by atoms with Gasteiger partial charge in [-0.2, -0.15) is 5.10 Å². The van der Waals surface area contributed by atoms with E-state index in [1.807, 2.05) is 25.1 Å². The molecule has 0 bridgehead atoms. The van der Waals surface area contributed by atoms with Crippen LogP contribution in [0, 0.1) is 12.7 Å². The molecule has 2 amide bonds. The Morgan fingerprint density at radius 3 is 2.59 bits per heavy atom. The van der Waals surface area contributed by atoms with E-state index in [1.54, 1.807) is 22.7 Å². The molecule has 4 rings (SSSR count). The molecule has 3 aromatic rings. The van der Waals surface area contributed by atoms with Crippen molar-refractivity contribution in [2.24, 2.45) is 7.05 Å². The number of halogens is 1. The third kappa shape index (κ3) is 3.63. The van der Waals surface area contributed by atoms with Crippen LogP contribution in [0.5, 0.6) is 0 Å². The summed E-state index contributed by atoms with van der Waals surface area (Å²) in [6.45, 7) is 2.45. The molecule has 29 heavy (non-hydrogen) atoms. The molecule has 1 aliphatic heterocycles. The Morgan fingerprint density at radius 1 is 1.14 bits per heavy atom. The number of nitrogens with zero attached hydrogens (tertiary/aromatic N) is 3. The molecule has 7 heteroatoms. The van der Waals surface area contributed by atoms with Crippen molar-refractivity contribution in [2.45, 2.75) is 19.8 Å². The van der Waals surface area contributed by atoms with Crippen LogP contribution < -0.4 is 10.2 Å². The van der Waals surface area contributed by atoms with E-state index in [1.165, 1.54) is 24.3 Å². The molecule has 1 aromatic heterocycles. The fraction of sp³-hybridized carbons (Fsp3) is 0.227. The lowest BCUT2D eigenvalue weighted by molar-refractivity contribution is 0.0975. The van der Waals surface area contributed by atoms with Crippen LogP contribution in [0.25, 0.3) is 0 Å². The van der Waals surface area contributed by atoms with Gasteiger partial charge in [0.2, 0.25) is 0 Å². The molecule has 6 nitrogen and oxygen atoms in total. The van der Waals surface area contributed by atoms with Crippen molar-refractivity contribution in [1.82, 2.24) is 9.78 Å². The number of fused-ring (bicyclic) bond motifs is 1. The molecule has 0 unspecified atom stereocenters. The van der Waals surface area contributed by atoms with E-state index >= 15 is 0 Å². The van der Waals surface area contributed by atoms with Gasteiger partial charge < -0.3 is 10.2 Å². The van der Waals surface area contributed by atoms with Gasteiger partial charge in [-0.1, -0.05) is 6.07 Å². The lowest BCUT2D eigenvalue weighted by atomic mass is 9.99. The molecule has 1 aliphatic rings. The summed E-state index contributed by atoms with van der Waals surface area (Å²) in [4.78, 5) is 27.4. The number of amides is 2. The highest BCUT2D eigenvalue weighted by Gasteiger charge is 2.27. The third-order valence-corrected chi connectivity index (χ3v) is 5.07. The van der Waals surface area contributed by atoms with E-state index in [0.717, 1.165) is 29.8 Å². The largest absolute Gasteiger partial charge is 0.322 e. The van der Waals surface area contributed by atoms with Crippen molar-refractivity contribution in [3.8, 4) is 0 Å². The summed E-state index contributed by atoms with van der Waals surface area (Å²) in [6.07, 6.45) is 1.54. The van der Waals surface area contributed by atoms with E-state index < -0.39 is 5.82 Å². The zero-order valence-electron chi connectivity index (χ0n) is 16.3. The van der Waals surface area contributed by atoms with Crippen molar-refractivity contribution >= 4 is 23.2 Å². The van der Waals surface area contributed by atoms with Gasteiger partial charge in [-0.05, 0) is 67.8 Å². The van der Waals surface area contributed by atoms with Crippen LogP contribution in [-0.4, -0.2) is 28.1 Å². The quantitative estimate of drug-likeness (QED) is 0.739. The summed E-state index contributed by atoms with van der Waals surface area (Å²) in [5, 5.41) is 7.17. The lowest BCUT2D eigenvalue weighted by Crippen LogP contribution is -2.36. The highest BCUT2D eigenvalue weighted by molar-refractivity contribution is 6.08. The summed E-state index contributed by atoms with van der Waals surface area (Å²) >= 11 is 0. The van der Waals surface area contributed by atoms with Crippen LogP contribution >= 0.6 is 0 Å². The monoisotopic (exact) mass is 392 g/mol. The summed E-state index contributed by atoms with van der Waals surface area (Å²) in [5.74, 6) is -0.821. The van der Waals surface area contributed by atoms with Crippen molar-refractivity contribution in [2.75, 3.05) is 16.8 Å². The Hall–Kier alpha value is -3.48. The molecule has 0 spiro atoms.